The molecule has 2 heterocycles. The molecule has 1 aliphatic heterocycles. The molecular formula is C21H22FN3O2S. The fourth-order valence-electron chi connectivity index (χ4n) is 3.35. The number of hydrogen-bond donors (Lipinski definition) is 1. The van der Waals surface area contributed by atoms with Crippen LogP contribution in [0.4, 0.5) is 9.52 Å². The Hall–Kier alpha value is -2.67. The van der Waals surface area contributed by atoms with Crippen molar-refractivity contribution < 1.29 is 13.9 Å². The van der Waals surface area contributed by atoms with E-state index in [-0.39, 0.29) is 17.6 Å². The maximum absolute atomic E-state index is 12.9. The third-order valence-corrected chi connectivity index (χ3v) is 6.00. The summed E-state index contributed by atoms with van der Waals surface area (Å²) in [5, 5.41) is 3.98. The highest BCUT2D eigenvalue weighted by Gasteiger charge is 2.26. The molecule has 0 spiro atoms. The molecule has 28 heavy (non-hydrogen) atoms. The van der Waals surface area contributed by atoms with Gasteiger partial charge in [-0.3, -0.25) is 4.79 Å². The first-order valence-corrected chi connectivity index (χ1v) is 10.3. The number of hydrogen-bond acceptors (Lipinski definition) is 5. The predicted octanol–water partition coefficient (Wildman–Crippen LogP) is 3.85. The number of aromatic nitrogens is 1. The lowest BCUT2D eigenvalue weighted by Crippen LogP contribution is -2.41. The zero-order valence-electron chi connectivity index (χ0n) is 15.4. The van der Waals surface area contributed by atoms with E-state index in [1.807, 2.05) is 18.2 Å². The van der Waals surface area contributed by atoms with Crippen LogP contribution in [-0.4, -0.2) is 37.1 Å². The van der Waals surface area contributed by atoms with Gasteiger partial charge in [-0.05, 0) is 49.2 Å². The van der Waals surface area contributed by atoms with E-state index in [0.717, 1.165) is 36.6 Å². The summed E-state index contributed by atoms with van der Waals surface area (Å²) in [5.74, 6) is 0.403. The highest BCUT2D eigenvalue weighted by atomic mass is 32.1. The number of para-hydroxylation sites is 1. The van der Waals surface area contributed by atoms with E-state index in [1.54, 1.807) is 23.5 Å². The van der Waals surface area contributed by atoms with Gasteiger partial charge >= 0.3 is 0 Å². The molecular weight excluding hydrogens is 377 g/mol. The number of anilines is 1. The van der Waals surface area contributed by atoms with Crippen LogP contribution >= 0.6 is 11.3 Å². The van der Waals surface area contributed by atoms with Crippen molar-refractivity contribution in [2.45, 2.75) is 12.8 Å². The van der Waals surface area contributed by atoms with E-state index in [2.05, 4.69) is 16.3 Å². The number of amides is 1. The van der Waals surface area contributed by atoms with Crippen molar-refractivity contribution in [1.29, 1.82) is 0 Å². The average molecular weight is 399 g/mol. The summed E-state index contributed by atoms with van der Waals surface area (Å²) < 4.78 is 19.6. The second kappa shape index (κ2) is 8.56. The van der Waals surface area contributed by atoms with Gasteiger partial charge in [0.2, 0.25) is 5.91 Å². The first-order chi connectivity index (χ1) is 13.7. The summed E-state index contributed by atoms with van der Waals surface area (Å²) in [4.78, 5) is 19.4. The Morgan fingerprint density at radius 3 is 2.68 bits per heavy atom. The number of rotatable bonds is 6. The number of thiazole rings is 1. The lowest BCUT2D eigenvalue weighted by molar-refractivity contribution is -0.125. The van der Waals surface area contributed by atoms with Gasteiger partial charge in [0.15, 0.2) is 5.13 Å². The number of nitrogens with one attached hydrogen (secondary N) is 1. The van der Waals surface area contributed by atoms with Crippen LogP contribution in [0.3, 0.4) is 0 Å². The number of carbonyl (C=O) groups is 1. The number of piperidine rings is 1. The number of nitrogens with zero attached hydrogens (tertiary/aromatic N) is 2. The molecule has 5 nitrogen and oxygen atoms in total. The van der Waals surface area contributed by atoms with Gasteiger partial charge in [0.1, 0.15) is 18.2 Å². The SMILES string of the molecule is O=C(NCCOc1ccc(F)cc1)C1CCN(c2nc3ccccc3s2)CC1. The molecule has 7 heteroatoms. The van der Waals surface area contributed by atoms with E-state index in [4.69, 9.17) is 9.72 Å². The molecule has 1 N–H and O–H groups in total. The van der Waals surface area contributed by atoms with Crippen molar-refractivity contribution in [3.8, 4) is 5.75 Å². The Bertz CT molecular complexity index is 903. The smallest absolute Gasteiger partial charge is 0.223 e. The number of benzene rings is 2. The van der Waals surface area contributed by atoms with Crippen LogP contribution in [-0.2, 0) is 4.79 Å². The lowest BCUT2D eigenvalue weighted by Gasteiger charge is -2.31. The molecule has 0 unspecified atom stereocenters. The molecule has 1 fully saturated rings. The zero-order chi connectivity index (χ0) is 19.3. The number of fused-ring (bicyclic) bond motifs is 1. The van der Waals surface area contributed by atoms with Gasteiger partial charge in [-0.15, -0.1) is 0 Å². The topological polar surface area (TPSA) is 54.5 Å². The first-order valence-electron chi connectivity index (χ1n) is 9.45. The molecule has 1 aromatic heterocycles. The summed E-state index contributed by atoms with van der Waals surface area (Å²) in [6.07, 6.45) is 1.64. The maximum atomic E-state index is 12.9. The van der Waals surface area contributed by atoms with E-state index < -0.39 is 0 Å². The molecule has 4 rings (SSSR count). The van der Waals surface area contributed by atoms with Gasteiger partial charge < -0.3 is 15.0 Å². The normalized spacial score (nSPS) is 15.0. The second-order valence-electron chi connectivity index (χ2n) is 6.82. The molecule has 1 saturated heterocycles. The summed E-state index contributed by atoms with van der Waals surface area (Å²) >= 11 is 1.70. The van der Waals surface area contributed by atoms with Gasteiger partial charge in [-0.2, -0.15) is 0 Å². The van der Waals surface area contributed by atoms with Crippen LogP contribution in [0.1, 0.15) is 12.8 Å². The molecule has 1 aliphatic rings. The van der Waals surface area contributed by atoms with E-state index in [1.165, 1.54) is 16.8 Å². The Labute approximate surface area is 167 Å². The van der Waals surface area contributed by atoms with Crippen LogP contribution < -0.4 is 15.0 Å². The highest BCUT2D eigenvalue weighted by molar-refractivity contribution is 7.22. The Kier molecular flexibility index (Phi) is 5.71. The monoisotopic (exact) mass is 399 g/mol. The van der Waals surface area contributed by atoms with E-state index in [0.29, 0.717) is 18.9 Å². The van der Waals surface area contributed by atoms with Gasteiger partial charge in [0.25, 0.3) is 0 Å². The summed E-state index contributed by atoms with van der Waals surface area (Å²) in [5.41, 5.74) is 1.03. The molecule has 2 aromatic carbocycles. The van der Waals surface area contributed by atoms with Gasteiger partial charge in [-0.1, -0.05) is 23.5 Å². The molecule has 146 valence electrons. The lowest BCUT2D eigenvalue weighted by atomic mass is 9.96. The van der Waals surface area contributed by atoms with Crippen molar-refractivity contribution in [3.63, 3.8) is 0 Å². The molecule has 0 atom stereocenters. The zero-order valence-corrected chi connectivity index (χ0v) is 16.3. The van der Waals surface area contributed by atoms with Gasteiger partial charge in [-0.25, -0.2) is 9.37 Å². The third-order valence-electron chi connectivity index (χ3n) is 4.90. The summed E-state index contributed by atoms with van der Waals surface area (Å²) in [6, 6.07) is 14.0. The minimum atomic E-state index is -0.294. The van der Waals surface area contributed by atoms with Crippen LogP contribution in [0.15, 0.2) is 48.5 Å². The average Bonchev–Trinajstić information content (AvgIpc) is 3.17. The van der Waals surface area contributed by atoms with E-state index in [9.17, 15) is 9.18 Å². The molecule has 0 bridgehead atoms. The molecule has 1 amide bonds. The standard InChI is InChI=1S/C21H22FN3O2S/c22-16-5-7-17(8-6-16)27-14-11-23-20(26)15-9-12-25(13-10-15)21-24-18-3-1-2-4-19(18)28-21/h1-8,15H,9-14H2,(H,23,26). The minimum Gasteiger partial charge on any atom is -0.492 e. The van der Waals surface area contributed by atoms with Crippen LogP contribution in [0.2, 0.25) is 0 Å². The van der Waals surface area contributed by atoms with Crippen LogP contribution in [0.25, 0.3) is 10.2 Å². The predicted molar refractivity (Wildman–Crippen MR) is 109 cm³/mol. The van der Waals surface area contributed by atoms with Crippen molar-refractivity contribution in [1.82, 2.24) is 10.3 Å². The largest absolute Gasteiger partial charge is 0.492 e. The first kappa shape index (κ1) is 18.7. The Morgan fingerprint density at radius 1 is 1.18 bits per heavy atom. The molecule has 0 aliphatic carbocycles. The van der Waals surface area contributed by atoms with Gasteiger partial charge in [0, 0.05) is 19.0 Å². The number of carbonyl (C=O) groups excluding carboxylic acids is 1. The van der Waals surface area contributed by atoms with Gasteiger partial charge in [0.05, 0.1) is 16.8 Å². The quantitative estimate of drug-likeness (QED) is 0.640. The minimum absolute atomic E-state index is 0.0245. The highest BCUT2D eigenvalue weighted by Crippen LogP contribution is 2.31. The van der Waals surface area contributed by atoms with Crippen LogP contribution in [0.5, 0.6) is 5.75 Å². The van der Waals surface area contributed by atoms with Crippen LogP contribution in [0, 0.1) is 11.7 Å². The summed E-state index contributed by atoms with van der Waals surface area (Å²) in [7, 11) is 0. The fourth-order valence-corrected chi connectivity index (χ4v) is 4.36. The number of halogens is 1. The fraction of sp³-hybridized carbons (Fsp3) is 0.333. The third kappa shape index (κ3) is 4.42. The Balaban J connectivity index is 1.21. The maximum Gasteiger partial charge on any atom is 0.223 e. The van der Waals surface area contributed by atoms with Crippen molar-refractivity contribution in [2.75, 3.05) is 31.1 Å². The second-order valence-corrected chi connectivity index (χ2v) is 7.83. The Morgan fingerprint density at radius 2 is 1.93 bits per heavy atom. The van der Waals surface area contributed by atoms with E-state index >= 15 is 0 Å². The summed E-state index contributed by atoms with van der Waals surface area (Å²) in [6.45, 7) is 2.48. The van der Waals surface area contributed by atoms with Crippen molar-refractivity contribution in [2.24, 2.45) is 5.92 Å². The number of ether oxygens (including phenoxy) is 1. The molecule has 0 radical (unpaired) electrons. The van der Waals surface area contributed by atoms with Crippen molar-refractivity contribution in [3.05, 3.63) is 54.3 Å². The van der Waals surface area contributed by atoms with Crippen molar-refractivity contribution >= 4 is 32.6 Å². The molecule has 0 saturated carbocycles. The molecule has 3 aromatic rings.